The maximum atomic E-state index is 10.7. The van der Waals surface area contributed by atoms with Crippen LogP contribution in [0.2, 0.25) is 0 Å². The van der Waals surface area contributed by atoms with Crippen molar-refractivity contribution in [3.8, 4) is 0 Å². The highest BCUT2D eigenvalue weighted by Crippen LogP contribution is 1.84. The van der Waals surface area contributed by atoms with Gasteiger partial charge in [0.25, 0.3) is 0 Å². The molecule has 0 unspecified atom stereocenters. The fourth-order valence-electron chi connectivity index (χ4n) is 0.497. The molecule has 0 fully saturated rings. The molecular weight excluding hydrogens is 118 g/mol. The third-order valence-electron chi connectivity index (χ3n) is 1.03. The van der Waals surface area contributed by atoms with E-state index in [1.807, 2.05) is 0 Å². The molecule has 0 aliphatic heterocycles. The standard InChI is InChI=1S/C6H11NO2/c1-3-7(4-5-8)6(2)9/h5H,3-4H2,1-2H3/i2T. The van der Waals surface area contributed by atoms with Crippen molar-refractivity contribution in [3.63, 3.8) is 0 Å². The van der Waals surface area contributed by atoms with E-state index in [1.165, 1.54) is 4.90 Å². The Bertz CT molecular complexity index is 127. The van der Waals surface area contributed by atoms with E-state index in [4.69, 9.17) is 1.37 Å². The van der Waals surface area contributed by atoms with Crippen molar-refractivity contribution in [2.24, 2.45) is 0 Å². The monoisotopic (exact) mass is 131 g/mol. The molecule has 3 nitrogen and oxygen atoms in total. The maximum Gasteiger partial charge on any atom is 0.219 e. The lowest BCUT2D eigenvalue weighted by Crippen LogP contribution is -2.29. The van der Waals surface area contributed by atoms with E-state index in [1.54, 1.807) is 6.92 Å². The fraction of sp³-hybridized carbons (Fsp3) is 0.667. The molecule has 3 heteroatoms. The van der Waals surface area contributed by atoms with Crippen LogP contribution >= 0.6 is 0 Å². The molecule has 0 rings (SSSR count). The third kappa shape index (κ3) is 2.85. The lowest BCUT2D eigenvalue weighted by Gasteiger charge is -2.13. The average Bonchev–Trinajstić information content (AvgIpc) is 1.99. The van der Waals surface area contributed by atoms with Crippen molar-refractivity contribution in [3.05, 3.63) is 0 Å². The van der Waals surface area contributed by atoms with Gasteiger partial charge in [0, 0.05) is 14.8 Å². The van der Waals surface area contributed by atoms with E-state index in [0.717, 1.165) is 0 Å². The molecule has 0 heterocycles. The van der Waals surface area contributed by atoms with Crippen LogP contribution in [0.5, 0.6) is 0 Å². The van der Waals surface area contributed by atoms with Gasteiger partial charge in [0.05, 0.1) is 6.54 Å². The first-order valence-corrected chi connectivity index (χ1v) is 2.76. The highest BCUT2D eigenvalue weighted by molar-refractivity contribution is 5.75. The first kappa shape index (κ1) is 6.26. The van der Waals surface area contributed by atoms with Crippen molar-refractivity contribution in [2.75, 3.05) is 13.1 Å². The number of aldehydes is 1. The summed E-state index contributed by atoms with van der Waals surface area (Å²) < 4.78 is 6.71. The van der Waals surface area contributed by atoms with Crippen molar-refractivity contribution < 1.29 is 11.0 Å². The Morgan fingerprint density at radius 3 is 2.89 bits per heavy atom. The molecule has 1 amide bonds. The number of rotatable bonds is 3. The summed E-state index contributed by atoms with van der Waals surface area (Å²) in [6.07, 6.45) is 0.664. The number of hydrogen-bond donors (Lipinski definition) is 0. The van der Waals surface area contributed by atoms with Gasteiger partial charge in [-0.15, -0.1) is 0 Å². The third-order valence-corrected chi connectivity index (χ3v) is 1.03. The molecule has 0 aliphatic rings. The largest absolute Gasteiger partial charge is 0.336 e. The highest BCUT2D eigenvalue weighted by Gasteiger charge is 2.02. The minimum Gasteiger partial charge on any atom is -0.336 e. The van der Waals surface area contributed by atoms with E-state index >= 15 is 0 Å². The molecule has 0 aromatic heterocycles. The summed E-state index contributed by atoms with van der Waals surface area (Å²) in [5, 5.41) is 0. The van der Waals surface area contributed by atoms with Gasteiger partial charge in [0.2, 0.25) is 5.91 Å². The second kappa shape index (κ2) is 4.06. The summed E-state index contributed by atoms with van der Waals surface area (Å²) in [6.45, 7) is 2.10. The Balaban J connectivity index is 3.79. The lowest BCUT2D eigenvalue weighted by atomic mass is 10.5. The van der Waals surface area contributed by atoms with Gasteiger partial charge in [-0.05, 0) is 6.92 Å². The molecule has 0 radical (unpaired) electrons. The van der Waals surface area contributed by atoms with Crippen LogP contribution in [0.4, 0.5) is 0 Å². The minimum absolute atomic E-state index is 0.105. The fourth-order valence-corrected chi connectivity index (χ4v) is 0.497. The number of nitrogens with zero attached hydrogens (tertiary/aromatic N) is 1. The predicted octanol–water partition coefficient (Wildman–Crippen LogP) is 0.0537. The minimum atomic E-state index is -0.297. The van der Waals surface area contributed by atoms with Crippen molar-refractivity contribution in [1.29, 1.82) is 0 Å². The Hall–Kier alpha value is -0.860. The summed E-state index contributed by atoms with van der Waals surface area (Å²) in [6, 6.07) is 0. The molecule has 0 aromatic carbocycles. The summed E-state index contributed by atoms with van der Waals surface area (Å²) in [5.41, 5.74) is 0. The Morgan fingerprint density at radius 2 is 2.56 bits per heavy atom. The molecule has 0 atom stereocenters. The van der Waals surface area contributed by atoms with Crippen molar-refractivity contribution >= 4 is 12.2 Å². The SMILES string of the molecule is [3H]CC(=O)N(CC)CC=O. The lowest BCUT2D eigenvalue weighted by molar-refractivity contribution is -0.130. The molecular formula is C6H11NO2. The second-order valence-electron chi connectivity index (χ2n) is 1.60. The Morgan fingerprint density at radius 1 is 1.89 bits per heavy atom. The Labute approximate surface area is 56.1 Å². The molecule has 0 bridgehead atoms. The van der Waals surface area contributed by atoms with Gasteiger partial charge in [0.1, 0.15) is 6.29 Å². The highest BCUT2D eigenvalue weighted by atomic mass is 16.2. The van der Waals surface area contributed by atoms with E-state index in [9.17, 15) is 9.59 Å². The molecule has 0 spiro atoms. The van der Waals surface area contributed by atoms with Gasteiger partial charge in [-0.1, -0.05) is 0 Å². The number of hydrogen-bond acceptors (Lipinski definition) is 2. The van der Waals surface area contributed by atoms with Gasteiger partial charge in [-0.25, -0.2) is 0 Å². The number of carbonyl (C=O) groups is 2. The number of carbonyl (C=O) groups excluding carboxylic acids is 2. The van der Waals surface area contributed by atoms with Gasteiger partial charge in [0.15, 0.2) is 0 Å². The number of amides is 1. The zero-order chi connectivity index (χ0) is 7.98. The number of likely N-dealkylation sites (N-methyl/N-ethyl adjacent to an activating group) is 1. The normalized spacial score (nSPS) is 10.1. The molecule has 0 N–H and O–H groups in total. The van der Waals surface area contributed by atoms with Crippen LogP contribution in [0.3, 0.4) is 0 Å². The Kier molecular flexibility index (Phi) is 2.83. The first-order valence-electron chi connectivity index (χ1n) is 3.47. The van der Waals surface area contributed by atoms with Crippen LogP contribution < -0.4 is 0 Å². The molecule has 0 saturated carbocycles. The zero-order valence-corrected chi connectivity index (χ0v) is 5.46. The molecule has 0 aliphatic carbocycles. The van der Waals surface area contributed by atoms with Gasteiger partial charge in [-0.2, -0.15) is 0 Å². The van der Waals surface area contributed by atoms with Gasteiger partial charge in [-0.3, -0.25) is 4.79 Å². The molecule has 0 aromatic rings. The summed E-state index contributed by atoms with van der Waals surface area (Å²) >= 11 is 0. The van der Waals surface area contributed by atoms with Gasteiger partial charge >= 0.3 is 0 Å². The van der Waals surface area contributed by atoms with E-state index in [2.05, 4.69) is 0 Å². The smallest absolute Gasteiger partial charge is 0.219 e. The zero-order valence-electron chi connectivity index (χ0n) is 6.46. The van der Waals surface area contributed by atoms with Crippen LogP contribution in [0, 0.1) is 0 Å². The molecule has 9 heavy (non-hydrogen) atoms. The van der Waals surface area contributed by atoms with Crippen molar-refractivity contribution in [2.45, 2.75) is 13.8 Å². The van der Waals surface area contributed by atoms with Crippen LogP contribution in [-0.2, 0) is 9.59 Å². The quantitative estimate of drug-likeness (QED) is 0.508. The van der Waals surface area contributed by atoms with Crippen molar-refractivity contribution in [1.82, 2.24) is 4.90 Å². The maximum absolute atomic E-state index is 10.7. The van der Waals surface area contributed by atoms with E-state index in [-0.39, 0.29) is 19.4 Å². The van der Waals surface area contributed by atoms with E-state index < -0.39 is 0 Å². The molecule has 52 valence electrons. The first-order chi connectivity index (χ1) is 4.76. The van der Waals surface area contributed by atoms with Crippen LogP contribution in [0.15, 0.2) is 0 Å². The van der Waals surface area contributed by atoms with Crippen LogP contribution in [-0.4, -0.2) is 30.2 Å². The van der Waals surface area contributed by atoms with Gasteiger partial charge < -0.3 is 9.69 Å². The topological polar surface area (TPSA) is 37.4 Å². The summed E-state index contributed by atoms with van der Waals surface area (Å²) in [4.78, 5) is 22.0. The average molecular weight is 131 g/mol. The van der Waals surface area contributed by atoms with E-state index in [0.29, 0.717) is 12.8 Å². The summed E-state index contributed by atoms with van der Waals surface area (Å²) in [7, 11) is 0. The van der Waals surface area contributed by atoms with Crippen LogP contribution in [0.1, 0.15) is 15.2 Å². The summed E-state index contributed by atoms with van der Waals surface area (Å²) in [5.74, 6) is -0.297. The second-order valence-corrected chi connectivity index (χ2v) is 1.60. The predicted molar refractivity (Wildman–Crippen MR) is 34.0 cm³/mol. The van der Waals surface area contributed by atoms with Crippen LogP contribution in [0.25, 0.3) is 0 Å². The molecule has 0 saturated heterocycles.